The van der Waals surface area contributed by atoms with Crippen molar-refractivity contribution in [3.05, 3.63) is 53.0 Å². The zero-order chi connectivity index (χ0) is 14.2. The van der Waals surface area contributed by atoms with Gasteiger partial charge in [0.1, 0.15) is 0 Å². The van der Waals surface area contributed by atoms with Crippen LogP contribution in [0.4, 0.5) is 22.0 Å². The zero-order valence-corrected chi connectivity index (χ0v) is 9.22. The topological polar surface area (TPSA) is 33.1 Å². The van der Waals surface area contributed by atoms with Crippen LogP contribution < -0.4 is 0 Å². The number of pyridine rings is 1. The van der Waals surface area contributed by atoms with E-state index < -0.39 is 40.3 Å². The summed E-state index contributed by atoms with van der Waals surface area (Å²) in [6, 6.07) is 2.32. The minimum absolute atomic E-state index is 0.340. The van der Waals surface area contributed by atoms with Crippen LogP contribution in [0, 0.1) is 29.1 Å². The molecule has 2 nitrogen and oxygen atoms in total. The van der Waals surface area contributed by atoms with E-state index >= 15 is 0 Å². The summed E-state index contributed by atoms with van der Waals surface area (Å²) < 4.78 is 65.8. The van der Waals surface area contributed by atoms with Crippen molar-refractivity contribution in [1.82, 2.24) is 4.98 Å². The van der Waals surface area contributed by atoms with Crippen molar-refractivity contribution in [3.63, 3.8) is 0 Å². The number of aliphatic hydroxyl groups excluding tert-OH is 1. The first-order valence-electron chi connectivity index (χ1n) is 5.05. The van der Waals surface area contributed by atoms with Crippen LogP contribution in [0.3, 0.4) is 0 Å². The number of halogens is 5. The largest absolute Gasteiger partial charge is 0.392 e. The Morgan fingerprint density at radius 1 is 0.842 bits per heavy atom. The van der Waals surface area contributed by atoms with E-state index in [0.717, 1.165) is 12.3 Å². The van der Waals surface area contributed by atoms with Gasteiger partial charge < -0.3 is 5.11 Å². The molecule has 19 heavy (non-hydrogen) atoms. The predicted molar refractivity (Wildman–Crippen MR) is 55.4 cm³/mol. The number of rotatable bonds is 2. The lowest BCUT2D eigenvalue weighted by Crippen LogP contribution is -2.05. The van der Waals surface area contributed by atoms with Crippen molar-refractivity contribution in [2.24, 2.45) is 0 Å². The van der Waals surface area contributed by atoms with Gasteiger partial charge in [-0.05, 0) is 11.6 Å². The SMILES string of the molecule is OCc1ccc(-c2c(F)c(F)c(F)c(F)c2F)nc1. The fraction of sp³-hybridized carbons (Fsp3) is 0.0833. The number of hydrogen-bond donors (Lipinski definition) is 1. The Kier molecular flexibility index (Phi) is 3.48. The Bertz CT molecular complexity index is 598. The predicted octanol–water partition coefficient (Wildman–Crippen LogP) is 2.94. The first-order chi connectivity index (χ1) is 8.97. The van der Waals surface area contributed by atoms with Crippen molar-refractivity contribution in [1.29, 1.82) is 0 Å². The van der Waals surface area contributed by atoms with E-state index in [0.29, 0.717) is 5.56 Å². The van der Waals surface area contributed by atoms with Gasteiger partial charge in [0.15, 0.2) is 23.3 Å². The van der Waals surface area contributed by atoms with Crippen molar-refractivity contribution in [2.75, 3.05) is 0 Å². The Balaban J connectivity index is 2.67. The number of nitrogens with zero attached hydrogens (tertiary/aromatic N) is 1. The van der Waals surface area contributed by atoms with Gasteiger partial charge >= 0.3 is 0 Å². The van der Waals surface area contributed by atoms with Gasteiger partial charge in [0.25, 0.3) is 0 Å². The molecule has 1 heterocycles. The third-order valence-electron chi connectivity index (χ3n) is 2.47. The van der Waals surface area contributed by atoms with E-state index in [2.05, 4.69) is 4.98 Å². The highest BCUT2D eigenvalue weighted by molar-refractivity contribution is 5.61. The Labute approximate surface area is 104 Å². The molecule has 0 aliphatic rings. The second-order valence-corrected chi connectivity index (χ2v) is 3.65. The zero-order valence-electron chi connectivity index (χ0n) is 9.22. The first-order valence-corrected chi connectivity index (χ1v) is 5.05. The van der Waals surface area contributed by atoms with Crippen LogP contribution in [-0.2, 0) is 6.61 Å². The molecule has 0 aliphatic heterocycles. The van der Waals surface area contributed by atoms with Crippen LogP contribution in [0.5, 0.6) is 0 Å². The Morgan fingerprint density at radius 3 is 1.79 bits per heavy atom. The average molecular weight is 275 g/mol. The van der Waals surface area contributed by atoms with Gasteiger partial charge in [0, 0.05) is 6.20 Å². The van der Waals surface area contributed by atoms with Crippen LogP contribution in [0.15, 0.2) is 18.3 Å². The summed E-state index contributed by atoms with van der Waals surface area (Å²) in [5.74, 6) is -10.2. The average Bonchev–Trinajstić information content (AvgIpc) is 2.44. The molecule has 0 unspecified atom stereocenters. The molecule has 0 spiro atoms. The Hall–Kier alpha value is -2.02. The minimum atomic E-state index is -2.22. The molecule has 0 bridgehead atoms. The standard InChI is InChI=1S/C12H6F5NO/c13-8-7(6-2-1-5(4-19)3-18-6)9(14)11(16)12(17)10(8)15/h1-3,19H,4H2. The van der Waals surface area contributed by atoms with Crippen LogP contribution in [0.1, 0.15) is 5.56 Å². The van der Waals surface area contributed by atoms with Gasteiger partial charge in [-0.1, -0.05) is 6.07 Å². The molecule has 7 heteroatoms. The molecule has 2 rings (SSSR count). The summed E-state index contributed by atoms with van der Waals surface area (Å²) in [6.07, 6.45) is 1.08. The summed E-state index contributed by atoms with van der Waals surface area (Å²) in [7, 11) is 0. The smallest absolute Gasteiger partial charge is 0.200 e. The maximum absolute atomic E-state index is 13.5. The summed E-state index contributed by atoms with van der Waals surface area (Å²) in [5, 5.41) is 8.78. The molecule has 2 aromatic rings. The molecule has 0 aliphatic carbocycles. The molecule has 0 amide bonds. The molecule has 0 fully saturated rings. The van der Waals surface area contributed by atoms with Crippen LogP contribution in [0.2, 0.25) is 0 Å². The third-order valence-corrected chi connectivity index (χ3v) is 2.47. The highest BCUT2D eigenvalue weighted by Crippen LogP contribution is 2.30. The van der Waals surface area contributed by atoms with Gasteiger partial charge in [-0.2, -0.15) is 0 Å². The molecular formula is C12H6F5NO. The molecule has 1 N–H and O–H groups in total. The third kappa shape index (κ3) is 2.17. The lowest BCUT2D eigenvalue weighted by Gasteiger charge is -2.08. The molecule has 100 valence electrons. The molecule has 1 aromatic heterocycles. The van der Waals surface area contributed by atoms with E-state index in [-0.39, 0.29) is 6.61 Å². The van der Waals surface area contributed by atoms with Crippen molar-refractivity contribution in [2.45, 2.75) is 6.61 Å². The summed E-state index contributed by atoms with van der Waals surface area (Å²) in [5.41, 5.74) is -1.17. The van der Waals surface area contributed by atoms with Crippen LogP contribution in [0.25, 0.3) is 11.3 Å². The van der Waals surface area contributed by atoms with E-state index in [4.69, 9.17) is 5.11 Å². The van der Waals surface area contributed by atoms with Crippen molar-refractivity contribution in [3.8, 4) is 11.3 Å². The highest BCUT2D eigenvalue weighted by Gasteiger charge is 2.27. The molecule has 0 atom stereocenters. The number of aromatic nitrogens is 1. The fourth-order valence-electron chi connectivity index (χ4n) is 1.50. The number of aliphatic hydroxyl groups is 1. The lowest BCUT2D eigenvalue weighted by atomic mass is 10.1. The summed E-state index contributed by atoms with van der Waals surface area (Å²) >= 11 is 0. The monoisotopic (exact) mass is 275 g/mol. The van der Waals surface area contributed by atoms with Gasteiger partial charge in [-0.15, -0.1) is 0 Å². The maximum Gasteiger partial charge on any atom is 0.200 e. The van der Waals surface area contributed by atoms with Gasteiger partial charge in [0.2, 0.25) is 5.82 Å². The molecule has 0 radical (unpaired) electrons. The van der Waals surface area contributed by atoms with E-state index in [1.54, 1.807) is 0 Å². The number of benzene rings is 1. The van der Waals surface area contributed by atoms with Crippen LogP contribution >= 0.6 is 0 Å². The lowest BCUT2D eigenvalue weighted by molar-refractivity contribution is 0.281. The van der Waals surface area contributed by atoms with Gasteiger partial charge in [0.05, 0.1) is 17.9 Å². The van der Waals surface area contributed by atoms with Crippen molar-refractivity contribution >= 4 is 0 Å². The van der Waals surface area contributed by atoms with Crippen molar-refractivity contribution < 1.29 is 27.1 Å². The second-order valence-electron chi connectivity index (χ2n) is 3.65. The number of hydrogen-bond acceptors (Lipinski definition) is 2. The summed E-state index contributed by atoms with van der Waals surface area (Å²) in [4.78, 5) is 3.56. The second kappa shape index (κ2) is 4.93. The molecule has 1 aromatic carbocycles. The first kappa shape index (κ1) is 13.4. The molecule has 0 saturated heterocycles. The van der Waals surface area contributed by atoms with E-state index in [9.17, 15) is 22.0 Å². The fourth-order valence-corrected chi connectivity index (χ4v) is 1.50. The minimum Gasteiger partial charge on any atom is -0.392 e. The molecular weight excluding hydrogens is 269 g/mol. The quantitative estimate of drug-likeness (QED) is 0.519. The normalized spacial score (nSPS) is 10.8. The maximum atomic E-state index is 13.5. The highest BCUT2D eigenvalue weighted by atomic mass is 19.2. The van der Waals surface area contributed by atoms with Crippen LogP contribution in [-0.4, -0.2) is 10.1 Å². The van der Waals surface area contributed by atoms with E-state index in [1.807, 2.05) is 0 Å². The Morgan fingerprint density at radius 2 is 1.37 bits per heavy atom. The van der Waals surface area contributed by atoms with Gasteiger partial charge in [-0.25, -0.2) is 22.0 Å². The van der Waals surface area contributed by atoms with E-state index in [1.165, 1.54) is 6.07 Å². The molecule has 0 saturated carbocycles. The van der Waals surface area contributed by atoms with Gasteiger partial charge in [-0.3, -0.25) is 4.98 Å². The summed E-state index contributed by atoms with van der Waals surface area (Å²) in [6.45, 7) is -0.357.